The Kier molecular flexibility index (Phi) is 4.35. The van der Waals surface area contributed by atoms with E-state index in [-0.39, 0.29) is 11.8 Å². The lowest BCUT2D eigenvalue weighted by atomic mass is 9.98. The van der Waals surface area contributed by atoms with Gasteiger partial charge in [0.1, 0.15) is 0 Å². The molecule has 1 aliphatic heterocycles. The average molecular weight is 376 g/mol. The second kappa shape index (κ2) is 6.65. The van der Waals surface area contributed by atoms with Crippen molar-refractivity contribution in [2.24, 2.45) is 5.92 Å². The molecule has 0 radical (unpaired) electrons. The molecule has 25 heavy (non-hydrogen) atoms. The molecule has 0 spiro atoms. The third kappa shape index (κ3) is 3.21. The highest BCUT2D eigenvalue weighted by Gasteiger charge is 2.27. The molecular formula is C17H18ClN5OS. The van der Waals surface area contributed by atoms with Crippen LogP contribution < -0.4 is 10.2 Å². The SMILES string of the molecule is CNC(=O)C1CCCN(c2nn3cc(-c4ccc(Cl)cc4)nc3s2)C1. The summed E-state index contributed by atoms with van der Waals surface area (Å²) in [6, 6.07) is 7.62. The molecule has 1 aliphatic rings. The molecule has 6 nitrogen and oxygen atoms in total. The molecule has 1 aromatic carbocycles. The van der Waals surface area contributed by atoms with Gasteiger partial charge in [-0.05, 0) is 25.0 Å². The van der Waals surface area contributed by atoms with Crippen LogP contribution >= 0.6 is 22.9 Å². The van der Waals surface area contributed by atoms with Crippen molar-refractivity contribution in [2.45, 2.75) is 12.8 Å². The van der Waals surface area contributed by atoms with Gasteiger partial charge in [0.05, 0.1) is 17.8 Å². The number of nitrogens with one attached hydrogen (secondary N) is 1. The predicted molar refractivity (Wildman–Crippen MR) is 100 cm³/mol. The van der Waals surface area contributed by atoms with E-state index >= 15 is 0 Å². The van der Waals surface area contributed by atoms with E-state index in [1.807, 2.05) is 35.0 Å². The summed E-state index contributed by atoms with van der Waals surface area (Å²) >= 11 is 7.49. The van der Waals surface area contributed by atoms with Gasteiger partial charge in [-0.3, -0.25) is 4.79 Å². The summed E-state index contributed by atoms with van der Waals surface area (Å²) in [6.45, 7) is 1.63. The molecular weight excluding hydrogens is 358 g/mol. The number of amides is 1. The van der Waals surface area contributed by atoms with Gasteiger partial charge in [0.25, 0.3) is 0 Å². The molecule has 4 rings (SSSR count). The van der Waals surface area contributed by atoms with Crippen LogP contribution in [0.5, 0.6) is 0 Å². The molecule has 0 bridgehead atoms. The molecule has 3 aromatic rings. The number of fused-ring (bicyclic) bond motifs is 1. The fourth-order valence-corrected chi connectivity index (χ4v) is 4.19. The highest BCUT2D eigenvalue weighted by Crippen LogP contribution is 2.30. The number of anilines is 1. The van der Waals surface area contributed by atoms with Gasteiger partial charge in [0, 0.05) is 30.7 Å². The first-order valence-corrected chi connectivity index (χ1v) is 9.42. The number of piperidine rings is 1. The predicted octanol–water partition coefficient (Wildman–Crippen LogP) is 3.07. The number of hydrogen-bond donors (Lipinski definition) is 1. The number of nitrogens with zero attached hydrogens (tertiary/aromatic N) is 4. The number of rotatable bonds is 3. The molecule has 8 heteroatoms. The van der Waals surface area contributed by atoms with Crippen LogP contribution in [0.2, 0.25) is 5.02 Å². The van der Waals surface area contributed by atoms with Gasteiger partial charge in [0.15, 0.2) is 0 Å². The highest BCUT2D eigenvalue weighted by molar-refractivity contribution is 7.20. The van der Waals surface area contributed by atoms with Gasteiger partial charge in [-0.2, -0.15) is 0 Å². The Balaban J connectivity index is 1.57. The molecule has 1 saturated heterocycles. The molecule has 1 atom stereocenters. The lowest BCUT2D eigenvalue weighted by molar-refractivity contribution is -0.124. The van der Waals surface area contributed by atoms with Gasteiger partial charge < -0.3 is 10.2 Å². The van der Waals surface area contributed by atoms with E-state index in [1.165, 1.54) is 0 Å². The molecule has 1 N–H and O–H groups in total. The van der Waals surface area contributed by atoms with Crippen molar-refractivity contribution in [3.8, 4) is 11.3 Å². The van der Waals surface area contributed by atoms with Crippen LogP contribution in [0.1, 0.15) is 12.8 Å². The van der Waals surface area contributed by atoms with Gasteiger partial charge in [-0.25, -0.2) is 9.50 Å². The minimum absolute atomic E-state index is 0.0274. The third-order valence-electron chi connectivity index (χ3n) is 4.48. The molecule has 130 valence electrons. The topological polar surface area (TPSA) is 62.5 Å². The van der Waals surface area contributed by atoms with Crippen molar-refractivity contribution in [1.29, 1.82) is 0 Å². The molecule has 1 unspecified atom stereocenters. The summed E-state index contributed by atoms with van der Waals surface area (Å²) in [4.78, 5) is 19.6. The summed E-state index contributed by atoms with van der Waals surface area (Å²) in [6.07, 6.45) is 3.86. The molecule has 1 amide bonds. The Morgan fingerprint density at radius 1 is 1.36 bits per heavy atom. The van der Waals surface area contributed by atoms with Crippen LogP contribution in [0.3, 0.4) is 0 Å². The zero-order valence-corrected chi connectivity index (χ0v) is 15.3. The fourth-order valence-electron chi connectivity index (χ4n) is 3.15. The van der Waals surface area contributed by atoms with E-state index < -0.39 is 0 Å². The monoisotopic (exact) mass is 375 g/mol. The average Bonchev–Trinajstić information content (AvgIpc) is 3.21. The summed E-state index contributed by atoms with van der Waals surface area (Å²) < 4.78 is 1.81. The Hall–Kier alpha value is -2.12. The summed E-state index contributed by atoms with van der Waals surface area (Å²) in [7, 11) is 1.69. The van der Waals surface area contributed by atoms with Gasteiger partial charge in [-0.1, -0.05) is 35.1 Å². The van der Waals surface area contributed by atoms with E-state index in [2.05, 4.69) is 20.3 Å². The molecule has 3 heterocycles. The van der Waals surface area contributed by atoms with Crippen LogP contribution in [0, 0.1) is 5.92 Å². The number of halogens is 1. The number of benzene rings is 1. The maximum Gasteiger partial charge on any atom is 0.224 e. The van der Waals surface area contributed by atoms with E-state index in [0.717, 1.165) is 40.7 Å². The number of carbonyl (C=O) groups is 1. The van der Waals surface area contributed by atoms with E-state index in [9.17, 15) is 4.79 Å². The number of carbonyl (C=O) groups excluding carboxylic acids is 1. The van der Waals surface area contributed by atoms with Crippen LogP contribution in [-0.4, -0.2) is 40.6 Å². The Bertz CT molecular complexity index is 872. The smallest absolute Gasteiger partial charge is 0.224 e. The van der Waals surface area contributed by atoms with Crippen molar-refractivity contribution in [3.63, 3.8) is 0 Å². The first-order chi connectivity index (χ1) is 12.1. The Labute approximate surface area is 154 Å². The second-order valence-corrected chi connectivity index (χ2v) is 7.52. The van der Waals surface area contributed by atoms with Crippen LogP contribution in [0.25, 0.3) is 16.2 Å². The van der Waals surface area contributed by atoms with E-state index in [0.29, 0.717) is 11.6 Å². The van der Waals surface area contributed by atoms with E-state index in [4.69, 9.17) is 11.6 Å². The maximum atomic E-state index is 11.9. The zero-order chi connectivity index (χ0) is 17.4. The second-order valence-electron chi connectivity index (χ2n) is 6.14. The van der Waals surface area contributed by atoms with Crippen LogP contribution in [-0.2, 0) is 4.79 Å². The first kappa shape index (κ1) is 16.4. The van der Waals surface area contributed by atoms with Crippen molar-refractivity contribution in [2.75, 3.05) is 25.0 Å². The van der Waals surface area contributed by atoms with Crippen molar-refractivity contribution < 1.29 is 4.79 Å². The molecule has 2 aromatic heterocycles. The van der Waals surface area contributed by atoms with Crippen molar-refractivity contribution in [1.82, 2.24) is 19.9 Å². The number of hydrogen-bond acceptors (Lipinski definition) is 5. The Morgan fingerprint density at radius 3 is 2.88 bits per heavy atom. The largest absolute Gasteiger partial charge is 0.359 e. The molecule has 1 fully saturated rings. The van der Waals surface area contributed by atoms with Crippen LogP contribution in [0.15, 0.2) is 30.5 Å². The lowest BCUT2D eigenvalue weighted by Crippen LogP contribution is -2.42. The normalized spacial score (nSPS) is 17.8. The lowest BCUT2D eigenvalue weighted by Gasteiger charge is -2.31. The van der Waals surface area contributed by atoms with Crippen molar-refractivity contribution in [3.05, 3.63) is 35.5 Å². The number of imidazole rings is 1. The third-order valence-corrected chi connectivity index (χ3v) is 5.72. The highest BCUT2D eigenvalue weighted by atomic mass is 35.5. The fraction of sp³-hybridized carbons (Fsp3) is 0.353. The van der Waals surface area contributed by atoms with Crippen molar-refractivity contribution >= 4 is 38.9 Å². The molecule has 0 saturated carbocycles. The summed E-state index contributed by atoms with van der Waals surface area (Å²) in [5.41, 5.74) is 1.89. The van der Waals surface area contributed by atoms with Gasteiger partial charge in [0.2, 0.25) is 16.0 Å². The summed E-state index contributed by atoms with van der Waals surface area (Å²) in [5.74, 6) is 0.135. The van der Waals surface area contributed by atoms with E-state index in [1.54, 1.807) is 18.4 Å². The standard InChI is InChI=1S/C17H18ClN5OS/c1-19-15(24)12-3-2-8-22(9-12)17-21-23-10-14(20-16(23)25-17)11-4-6-13(18)7-5-11/h4-7,10,12H,2-3,8-9H2,1H3,(H,19,24). The Morgan fingerprint density at radius 2 is 2.16 bits per heavy atom. The van der Waals surface area contributed by atoms with Gasteiger partial charge >= 0.3 is 0 Å². The van der Waals surface area contributed by atoms with Crippen LogP contribution in [0.4, 0.5) is 5.13 Å². The minimum atomic E-state index is 0.0274. The van der Waals surface area contributed by atoms with Gasteiger partial charge in [-0.15, -0.1) is 5.10 Å². The quantitative estimate of drug-likeness (QED) is 0.764. The maximum absolute atomic E-state index is 11.9. The minimum Gasteiger partial charge on any atom is -0.359 e. The zero-order valence-electron chi connectivity index (χ0n) is 13.8. The summed E-state index contributed by atoms with van der Waals surface area (Å²) in [5, 5.41) is 9.03. The number of aromatic nitrogens is 3. The molecule has 0 aliphatic carbocycles. The first-order valence-electron chi connectivity index (χ1n) is 8.23.